The van der Waals surface area contributed by atoms with Crippen LogP contribution in [0.4, 0.5) is 13.2 Å². The van der Waals surface area contributed by atoms with Crippen LogP contribution in [0.3, 0.4) is 0 Å². The topological polar surface area (TPSA) is 118 Å². The number of nitrogens with one attached hydrogen (secondary N) is 6. The number of likely N-dealkylation sites (tertiary alicyclic amines) is 1. The number of carbonyl (C=O) groups is 1. The van der Waals surface area contributed by atoms with Crippen LogP contribution in [0.25, 0.3) is 0 Å². The number of hydrogen-bond donors (Lipinski definition) is 6. The molecule has 1 aromatic rings. The van der Waals surface area contributed by atoms with Crippen LogP contribution in [0.5, 0.6) is 0 Å². The summed E-state index contributed by atoms with van der Waals surface area (Å²) in [5.41, 5.74) is 3.33. The van der Waals surface area contributed by atoms with Gasteiger partial charge in [-0.1, -0.05) is 118 Å². The summed E-state index contributed by atoms with van der Waals surface area (Å²) in [4.78, 5) is 31.7. The van der Waals surface area contributed by atoms with Crippen LogP contribution in [-0.4, -0.2) is 163 Å². The van der Waals surface area contributed by atoms with Crippen LogP contribution in [0.15, 0.2) is 71.7 Å². The van der Waals surface area contributed by atoms with Crippen molar-refractivity contribution in [3.8, 4) is 0 Å². The Morgan fingerprint density at radius 2 is 1.57 bits per heavy atom. The molecule has 504 valence electrons. The zero-order valence-electron chi connectivity index (χ0n) is 57.5. The second-order valence-electron chi connectivity index (χ2n) is 29.3. The number of amides is 1. The van der Waals surface area contributed by atoms with Gasteiger partial charge in [0.2, 0.25) is 5.91 Å². The van der Waals surface area contributed by atoms with E-state index in [0.29, 0.717) is 54.9 Å². The summed E-state index contributed by atoms with van der Waals surface area (Å²) in [6.07, 6.45) is 27.4. The first-order valence-electron chi connectivity index (χ1n) is 35.3. The fourth-order valence-corrected chi connectivity index (χ4v) is 15.8. The van der Waals surface area contributed by atoms with Gasteiger partial charge < -0.3 is 51.5 Å². The zero-order valence-corrected chi connectivity index (χ0v) is 58.2. The molecule has 6 aliphatic rings. The summed E-state index contributed by atoms with van der Waals surface area (Å²) in [5.74, 6) is 3.00. The largest absolute Gasteiger partial charge is 0.417 e. The summed E-state index contributed by atoms with van der Waals surface area (Å²) in [7, 11) is 4.30. The highest BCUT2D eigenvalue weighted by atomic mass is 35.5. The molecule has 2 saturated carbocycles. The fourth-order valence-electron chi connectivity index (χ4n) is 15.5. The van der Waals surface area contributed by atoms with Crippen molar-refractivity contribution in [3.63, 3.8) is 0 Å². The van der Waals surface area contributed by atoms with Crippen LogP contribution in [0.2, 0.25) is 5.02 Å². The molecule has 3 saturated heterocycles. The average Bonchev–Trinajstić information content (AvgIpc) is 1.67. The van der Waals surface area contributed by atoms with Gasteiger partial charge in [-0.2, -0.15) is 13.2 Å². The maximum atomic E-state index is 14.7. The number of aliphatic imine (C=N–C) groups is 1. The van der Waals surface area contributed by atoms with Gasteiger partial charge >= 0.3 is 6.18 Å². The third-order valence-corrected chi connectivity index (χ3v) is 21.7. The Morgan fingerprint density at radius 3 is 2.25 bits per heavy atom. The fraction of sp³-hybridized carbons (Fsp3) is 0.778. The van der Waals surface area contributed by atoms with E-state index in [1.165, 1.54) is 68.5 Å². The molecule has 4 heterocycles. The van der Waals surface area contributed by atoms with Crippen molar-refractivity contribution in [1.29, 1.82) is 0 Å². The Kier molecular flexibility index (Phi) is 28.6. The molecule has 0 aromatic heterocycles. The highest BCUT2D eigenvalue weighted by molar-refractivity contribution is 6.31. The summed E-state index contributed by atoms with van der Waals surface area (Å²) in [5, 5.41) is 23.9. The van der Waals surface area contributed by atoms with Gasteiger partial charge in [0.1, 0.15) is 0 Å². The number of nitrogens with zero attached hydrogens (tertiary/aromatic N) is 6. The van der Waals surface area contributed by atoms with Gasteiger partial charge in [0.05, 0.1) is 16.5 Å². The van der Waals surface area contributed by atoms with E-state index >= 15 is 0 Å². The third kappa shape index (κ3) is 21.4. The van der Waals surface area contributed by atoms with Crippen molar-refractivity contribution in [3.05, 3.63) is 82.8 Å². The van der Waals surface area contributed by atoms with E-state index in [9.17, 15) is 18.0 Å². The molecule has 2 aliphatic carbocycles. The van der Waals surface area contributed by atoms with E-state index < -0.39 is 11.7 Å². The van der Waals surface area contributed by atoms with Crippen LogP contribution < -0.4 is 31.9 Å². The Labute approximate surface area is 543 Å². The molecule has 1 amide bonds. The summed E-state index contributed by atoms with van der Waals surface area (Å²) in [6.45, 7) is 33.7. The van der Waals surface area contributed by atoms with E-state index in [0.717, 1.165) is 127 Å². The number of carbonyl (C=O) groups excluding carboxylic acids is 1. The predicted octanol–water partition coefficient (Wildman–Crippen LogP) is 13.2. The molecule has 17 heteroatoms. The standard InChI is InChI=1S/C72H122ClF3N12O/c1-14-53(7)67-44-81-66(41-50(2)3)55(9)80-45-68-63(70(89)86-38-29-52(6)30-39-86)48-88(68)69(51(4)5)56(10)83-71(31-18-19-32-71)49-78-35-34-77-33-28-60(26-24-59-25-27-64(65(73)43-59)72(74,75)76)79-36-40-84(12)46-62(42-58-21-16-15-17-22-58)85(13)47-61-23-20-37-87(61)57(11)54(8)82-67/h25,27-28,33,36,40,43,46-47,50-58,63,66-69,77-78,80-83H,14-24,26,29-32,34-35,37-39,41-42,44-45,48-49H2,1-13H3/t53-,54?,55?,56?,57-,63-,66-,67+,68?,69-/m0/s1. The molecule has 7 rings (SSSR count). The number of alkyl halides is 3. The van der Waals surface area contributed by atoms with E-state index in [4.69, 9.17) is 16.6 Å². The first-order chi connectivity index (χ1) is 42.4. The lowest BCUT2D eigenvalue weighted by Gasteiger charge is -2.56. The number of halogens is 4. The molecule has 1 spiro atoms. The molecule has 0 radical (unpaired) electrons. The minimum absolute atomic E-state index is 0.0268. The third-order valence-electron chi connectivity index (χ3n) is 21.4. The molecule has 0 bridgehead atoms. The van der Waals surface area contributed by atoms with Gasteiger partial charge in [-0.25, -0.2) is 0 Å². The maximum Gasteiger partial charge on any atom is 0.417 e. The van der Waals surface area contributed by atoms with Gasteiger partial charge in [-0.3, -0.25) is 14.7 Å². The molecule has 4 unspecified atom stereocenters. The lowest BCUT2D eigenvalue weighted by molar-refractivity contribution is -0.151. The van der Waals surface area contributed by atoms with E-state index in [1.54, 1.807) is 0 Å². The lowest BCUT2D eigenvalue weighted by atomic mass is 9.80. The normalized spacial score (nSPS) is 29.5. The smallest absolute Gasteiger partial charge is 0.390 e. The van der Waals surface area contributed by atoms with E-state index in [-0.39, 0.29) is 64.8 Å². The Hall–Kier alpha value is -3.64. The predicted molar refractivity (Wildman–Crippen MR) is 366 cm³/mol. The summed E-state index contributed by atoms with van der Waals surface area (Å²) < 4.78 is 41.0. The summed E-state index contributed by atoms with van der Waals surface area (Å²) >= 11 is 6.20. The molecule has 1 aromatic carbocycles. The lowest BCUT2D eigenvalue weighted by Crippen LogP contribution is -2.72. The average molecular weight is 1260 g/mol. The second kappa shape index (κ2) is 35.0. The molecule has 89 heavy (non-hydrogen) atoms. The maximum absolute atomic E-state index is 14.7. The van der Waals surface area contributed by atoms with Gasteiger partial charge in [-0.15, -0.1) is 0 Å². The van der Waals surface area contributed by atoms with Gasteiger partial charge in [0.25, 0.3) is 0 Å². The van der Waals surface area contributed by atoms with Crippen molar-refractivity contribution in [2.24, 2.45) is 40.5 Å². The van der Waals surface area contributed by atoms with E-state index in [2.05, 4.69) is 159 Å². The van der Waals surface area contributed by atoms with Gasteiger partial charge in [0.15, 0.2) is 0 Å². The van der Waals surface area contributed by atoms with Crippen LogP contribution in [0, 0.1) is 35.5 Å². The first kappa shape index (κ1) is 72.8. The molecule has 13 nitrogen and oxygen atoms in total. The molecule has 5 fully saturated rings. The van der Waals surface area contributed by atoms with Crippen LogP contribution >= 0.6 is 11.6 Å². The zero-order chi connectivity index (χ0) is 64.4. The van der Waals surface area contributed by atoms with Crippen molar-refractivity contribution in [2.75, 3.05) is 73.0 Å². The Bertz CT molecular complexity index is 2460. The quantitative estimate of drug-likeness (QED) is 0.127. The van der Waals surface area contributed by atoms with Crippen molar-refractivity contribution >= 4 is 23.2 Å². The number of benzene rings is 1. The monoisotopic (exact) mass is 1260 g/mol. The van der Waals surface area contributed by atoms with Crippen molar-refractivity contribution in [1.82, 2.24) is 56.4 Å². The molecule has 4 aliphatic heterocycles. The van der Waals surface area contributed by atoms with Crippen molar-refractivity contribution < 1.29 is 18.0 Å². The number of fused-ring (bicyclic) bond motifs is 2. The Morgan fingerprint density at radius 1 is 0.843 bits per heavy atom. The van der Waals surface area contributed by atoms with E-state index in [1.807, 2.05) is 24.7 Å². The number of aryl methyl sites for hydroxylation is 1. The molecular weight excluding hydrogens is 1140 g/mol. The SMILES string of the molecule is CC[C@H](C)[C@H]1CN[C@@H](CC(C)C)C(C)NCC2[C@@H](C(=O)N3CCC(C)CC3)CN2[C@@H](C(C)C)C(C)NC2(CCCC2)CNCCNC=CC(CCc2ccc(C(F)(F)F)c(Cl)c2)=NC=CN(C)C=C(CC2CCCCC2)N(C)C=C2CCCN2[C@@H](C)C(C)N1. The van der Waals surface area contributed by atoms with Crippen molar-refractivity contribution in [2.45, 2.75) is 252 Å². The van der Waals surface area contributed by atoms with Crippen LogP contribution in [-0.2, 0) is 17.4 Å². The first-order valence-corrected chi connectivity index (χ1v) is 35.7. The molecule has 10 atom stereocenters. The summed E-state index contributed by atoms with van der Waals surface area (Å²) in [6, 6.07) is 5.87. The molecule has 6 N–H and O–H groups in total. The Balaban J connectivity index is 1.18. The number of piperidine rings is 1. The number of hydrogen-bond acceptors (Lipinski definition) is 12. The minimum atomic E-state index is -4.51. The second-order valence-corrected chi connectivity index (χ2v) is 29.7. The molecular formula is C72H122ClF3N12O. The minimum Gasteiger partial charge on any atom is -0.390 e. The highest BCUT2D eigenvalue weighted by Crippen LogP contribution is 2.38. The van der Waals surface area contributed by atoms with Gasteiger partial charge in [-0.05, 0) is 151 Å². The number of rotatable bonds is 11. The highest BCUT2D eigenvalue weighted by Gasteiger charge is 2.50. The number of allylic oxidation sites excluding steroid dienone is 3. The van der Waals surface area contributed by atoms with Crippen LogP contribution in [0.1, 0.15) is 196 Å². The van der Waals surface area contributed by atoms with Gasteiger partial charge in [0, 0.05) is 169 Å².